The lowest BCUT2D eigenvalue weighted by atomic mass is 9.99. The molecule has 0 saturated carbocycles. The largest absolute Gasteiger partial charge is 0.496 e. The van der Waals surface area contributed by atoms with Crippen LogP contribution in [0, 0.1) is 13.8 Å². The minimum atomic E-state index is -0.921. The third-order valence-corrected chi connectivity index (χ3v) is 3.13. The number of carbonyl (C=O) groups is 1. The zero-order chi connectivity index (χ0) is 13.2. The molecule has 0 spiro atoms. The summed E-state index contributed by atoms with van der Waals surface area (Å²) in [5.74, 6) is 0.0899. The van der Waals surface area contributed by atoms with E-state index in [1.165, 1.54) is 14.2 Å². The van der Waals surface area contributed by atoms with Gasteiger partial charge in [0.05, 0.1) is 25.7 Å². The fourth-order valence-electron chi connectivity index (χ4n) is 1.85. The van der Waals surface area contributed by atoms with Gasteiger partial charge in [-0.1, -0.05) is 11.6 Å². The van der Waals surface area contributed by atoms with Crippen molar-refractivity contribution in [2.75, 3.05) is 14.2 Å². The molecule has 17 heavy (non-hydrogen) atoms. The van der Waals surface area contributed by atoms with Gasteiger partial charge in [-0.3, -0.25) is 4.79 Å². The minimum absolute atomic E-state index is 0.122. The zero-order valence-corrected chi connectivity index (χ0v) is 11.0. The Morgan fingerprint density at radius 1 is 1.18 bits per heavy atom. The van der Waals surface area contributed by atoms with Crippen molar-refractivity contribution in [1.29, 1.82) is 0 Å². The van der Waals surface area contributed by atoms with E-state index in [0.29, 0.717) is 33.2 Å². The molecule has 0 bridgehead atoms. The van der Waals surface area contributed by atoms with Crippen molar-refractivity contribution >= 4 is 17.6 Å². The summed E-state index contributed by atoms with van der Waals surface area (Å²) < 4.78 is 10.4. The van der Waals surface area contributed by atoms with Crippen molar-refractivity contribution in [3.63, 3.8) is 0 Å². The number of halogens is 1. The summed E-state index contributed by atoms with van der Waals surface area (Å²) in [4.78, 5) is 10.9. The Hall–Kier alpha value is -1.42. The molecular formula is C12H15ClO4. The van der Waals surface area contributed by atoms with Crippen LogP contribution in [0.3, 0.4) is 0 Å². The first-order valence-corrected chi connectivity index (χ1v) is 5.43. The van der Waals surface area contributed by atoms with Crippen LogP contribution in [0.1, 0.15) is 16.7 Å². The summed E-state index contributed by atoms with van der Waals surface area (Å²) in [6.45, 7) is 3.54. The van der Waals surface area contributed by atoms with Crippen molar-refractivity contribution in [1.82, 2.24) is 0 Å². The maximum atomic E-state index is 10.9. The van der Waals surface area contributed by atoms with Gasteiger partial charge in [0.15, 0.2) is 0 Å². The number of ether oxygens (including phenoxy) is 2. The second-order valence-electron chi connectivity index (χ2n) is 3.68. The Kier molecular flexibility index (Phi) is 4.23. The van der Waals surface area contributed by atoms with E-state index < -0.39 is 5.97 Å². The van der Waals surface area contributed by atoms with Crippen LogP contribution in [0.15, 0.2) is 0 Å². The van der Waals surface area contributed by atoms with Crippen LogP contribution < -0.4 is 9.47 Å². The highest BCUT2D eigenvalue weighted by molar-refractivity contribution is 6.33. The lowest BCUT2D eigenvalue weighted by molar-refractivity contribution is -0.136. The van der Waals surface area contributed by atoms with E-state index in [9.17, 15) is 4.79 Å². The first kappa shape index (κ1) is 13.6. The molecule has 0 aliphatic rings. The van der Waals surface area contributed by atoms with E-state index in [0.717, 1.165) is 0 Å². The fraction of sp³-hybridized carbons (Fsp3) is 0.417. The van der Waals surface area contributed by atoms with Crippen LogP contribution >= 0.6 is 11.6 Å². The SMILES string of the molecule is COc1c(C)c(CC(=O)O)c(OC)c(C)c1Cl. The lowest BCUT2D eigenvalue weighted by Crippen LogP contribution is -2.07. The van der Waals surface area contributed by atoms with E-state index >= 15 is 0 Å². The first-order chi connectivity index (χ1) is 7.93. The average molecular weight is 259 g/mol. The monoisotopic (exact) mass is 258 g/mol. The fourth-order valence-corrected chi connectivity index (χ4v) is 2.16. The van der Waals surface area contributed by atoms with Gasteiger partial charge in [-0.15, -0.1) is 0 Å². The predicted octanol–water partition coefficient (Wildman–Crippen LogP) is 2.60. The van der Waals surface area contributed by atoms with Crippen molar-refractivity contribution in [3.05, 3.63) is 21.7 Å². The van der Waals surface area contributed by atoms with Gasteiger partial charge in [-0.25, -0.2) is 0 Å². The first-order valence-electron chi connectivity index (χ1n) is 5.05. The van der Waals surface area contributed by atoms with Crippen LogP contribution in [0.4, 0.5) is 0 Å². The molecule has 5 heteroatoms. The summed E-state index contributed by atoms with van der Waals surface area (Å²) in [5.41, 5.74) is 1.98. The molecule has 1 aromatic rings. The van der Waals surface area contributed by atoms with E-state index in [2.05, 4.69) is 0 Å². The molecule has 0 unspecified atom stereocenters. The maximum Gasteiger partial charge on any atom is 0.307 e. The summed E-state index contributed by atoms with van der Waals surface area (Å²) in [7, 11) is 3.00. The highest BCUT2D eigenvalue weighted by Crippen LogP contribution is 2.41. The summed E-state index contributed by atoms with van der Waals surface area (Å²) >= 11 is 6.14. The van der Waals surface area contributed by atoms with E-state index in [4.69, 9.17) is 26.2 Å². The van der Waals surface area contributed by atoms with Gasteiger partial charge in [0.1, 0.15) is 11.5 Å². The normalized spacial score (nSPS) is 10.2. The van der Waals surface area contributed by atoms with E-state index in [1.807, 2.05) is 0 Å². The Morgan fingerprint density at radius 2 is 1.71 bits per heavy atom. The topological polar surface area (TPSA) is 55.8 Å². The van der Waals surface area contributed by atoms with Crippen LogP contribution in [0.5, 0.6) is 11.5 Å². The minimum Gasteiger partial charge on any atom is -0.496 e. The highest BCUT2D eigenvalue weighted by Gasteiger charge is 2.21. The van der Waals surface area contributed by atoms with Crippen molar-refractivity contribution in [2.45, 2.75) is 20.3 Å². The van der Waals surface area contributed by atoms with Gasteiger partial charge in [0.2, 0.25) is 0 Å². The molecule has 1 rings (SSSR count). The van der Waals surface area contributed by atoms with E-state index in [1.54, 1.807) is 13.8 Å². The number of hydrogen-bond donors (Lipinski definition) is 1. The van der Waals surface area contributed by atoms with Crippen molar-refractivity contribution in [3.8, 4) is 11.5 Å². The number of carboxylic acid groups (broad SMARTS) is 1. The van der Waals surface area contributed by atoms with Gasteiger partial charge in [-0.2, -0.15) is 0 Å². The number of rotatable bonds is 4. The van der Waals surface area contributed by atoms with E-state index in [-0.39, 0.29) is 6.42 Å². The molecule has 0 heterocycles. The Labute approximate surface area is 105 Å². The van der Waals surface area contributed by atoms with Crippen LogP contribution in [-0.4, -0.2) is 25.3 Å². The highest BCUT2D eigenvalue weighted by atomic mass is 35.5. The van der Waals surface area contributed by atoms with Gasteiger partial charge in [-0.05, 0) is 13.8 Å². The number of carboxylic acids is 1. The molecular weight excluding hydrogens is 244 g/mol. The molecule has 0 fully saturated rings. The molecule has 4 nitrogen and oxygen atoms in total. The molecule has 0 aliphatic heterocycles. The van der Waals surface area contributed by atoms with Gasteiger partial charge >= 0.3 is 5.97 Å². The molecule has 0 saturated heterocycles. The van der Waals surface area contributed by atoms with Crippen molar-refractivity contribution in [2.24, 2.45) is 0 Å². The molecule has 1 N–H and O–H groups in total. The number of methoxy groups -OCH3 is 2. The van der Waals surface area contributed by atoms with Gasteiger partial charge < -0.3 is 14.6 Å². The number of hydrogen-bond acceptors (Lipinski definition) is 3. The molecule has 0 aromatic heterocycles. The molecule has 0 atom stereocenters. The second-order valence-corrected chi connectivity index (χ2v) is 4.06. The van der Waals surface area contributed by atoms with Crippen LogP contribution in [0.2, 0.25) is 5.02 Å². The predicted molar refractivity (Wildman–Crippen MR) is 65.4 cm³/mol. The number of benzene rings is 1. The smallest absolute Gasteiger partial charge is 0.307 e. The van der Waals surface area contributed by atoms with Gasteiger partial charge in [0, 0.05) is 16.7 Å². The third kappa shape index (κ3) is 2.47. The molecule has 0 amide bonds. The summed E-state index contributed by atoms with van der Waals surface area (Å²) in [5, 5.41) is 9.36. The zero-order valence-electron chi connectivity index (χ0n) is 10.3. The third-order valence-electron chi connectivity index (χ3n) is 2.67. The Morgan fingerprint density at radius 3 is 2.12 bits per heavy atom. The molecule has 1 aromatic carbocycles. The summed E-state index contributed by atoms with van der Waals surface area (Å²) in [6, 6.07) is 0. The van der Waals surface area contributed by atoms with Crippen LogP contribution in [0.25, 0.3) is 0 Å². The lowest BCUT2D eigenvalue weighted by Gasteiger charge is -2.18. The maximum absolute atomic E-state index is 10.9. The standard InChI is InChI=1S/C12H15ClO4/c1-6-8(5-9(14)15)11(16-3)7(2)10(13)12(6)17-4/h5H2,1-4H3,(H,14,15). The molecule has 94 valence electrons. The van der Waals surface area contributed by atoms with Crippen molar-refractivity contribution < 1.29 is 19.4 Å². The number of aliphatic carboxylic acids is 1. The molecule has 0 radical (unpaired) electrons. The second kappa shape index (κ2) is 5.27. The Balaban J connectivity index is 3.54. The van der Waals surface area contributed by atoms with Gasteiger partial charge in [0.25, 0.3) is 0 Å². The summed E-state index contributed by atoms with van der Waals surface area (Å²) in [6.07, 6.45) is -0.122. The average Bonchev–Trinajstić information content (AvgIpc) is 2.27. The molecule has 0 aliphatic carbocycles. The quantitative estimate of drug-likeness (QED) is 0.902. The van der Waals surface area contributed by atoms with Crippen LogP contribution in [-0.2, 0) is 11.2 Å². The Bertz CT molecular complexity index is 455.